The van der Waals surface area contributed by atoms with Crippen molar-refractivity contribution in [1.29, 1.82) is 0 Å². The van der Waals surface area contributed by atoms with Crippen molar-refractivity contribution in [1.82, 2.24) is 39.5 Å². The van der Waals surface area contributed by atoms with E-state index in [1.807, 2.05) is 48.2 Å². The van der Waals surface area contributed by atoms with Crippen LogP contribution in [0.2, 0.25) is 0 Å². The number of hydrogen-bond acceptors (Lipinski definition) is 8. The summed E-state index contributed by atoms with van der Waals surface area (Å²) in [5, 5.41) is 5.23. The Bertz CT molecular complexity index is 1620. The predicted molar refractivity (Wildman–Crippen MR) is 155 cm³/mol. The number of fused-ring (bicyclic) bond motifs is 2. The van der Waals surface area contributed by atoms with Gasteiger partial charge in [-0.3, -0.25) is 24.2 Å². The molecule has 4 aromatic heterocycles. The number of aromatic nitrogens is 6. The summed E-state index contributed by atoms with van der Waals surface area (Å²) >= 11 is 3.43. The summed E-state index contributed by atoms with van der Waals surface area (Å²) in [5.41, 5.74) is 3.30. The number of pyridine rings is 2. The van der Waals surface area contributed by atoms with Crippen molar-refractivity contribution in [3.05, 3.63) is 59.0 Å². The highest BCUT2D eigenvalue weighted by Gasteiger charge is 2.62. The van der Waals surface area contributed by atoms with Gasteiger partial charge in [-0.2, -0.15) is 5.10 Å². The van der Waals surface area contributed by atoms with Crippen molar-refractivity contribution < 1.29 is 9.59 Å². The topological polar surface area (TPSA) is 110 Å². The molecule has 1 aliphatic heterocycles. The van der Waals surface area contributed by atoms with E-state index < -0.39 is 0 Å². The average Bonchev–Trinajstić information content (AvgIpc) is 3.27. The Kier molecular flexibility index (Phi) is 6.78. The fourth-order valence-corrected chi connectivity index (χ4v) is 6.08. The van der Waals surface area contributed by atoms with Crippen LogP contribution in [0.25, 0.3) is 22.2 Å². The Hall–Kier alpha value is -3.51. The normalized spacial score (nSPS) is 21.6. The molecule has 0 bridgehead atoms. The molecule has 6 rings (SSSR count). The molecule has 2 fully saturated rings. The van der Waals surface area contributed by atoms with Crippen LogP contribution in [0.3, 0.4) is 0 Å². The van der Waals surface area contributed by atoms with Crippen LogP contribution in [0, 0.1) is 5.41 Å². The summed E-state index contributed by atoms with van der Waals surface area (Å²) in [6.07, 6.45) is 7.03. The van der Waals surface area contributed by atoms with Crippen molar-refractivity contribution in [3.8, 4) is 11.3 Å². The molecule has 40 heavy (non-hydrogen) atoms. The minimum absolute atomic E-state index is 0.0238. The highest BCUT2D eigenvalue weighted by atomic mass is 79.9. The Balaban J connectivity index is 1.27. The van der Waals surface area contributed by atoms with Gasteiger partial charge in [0.15, 0.2) is 5.78 Å². The number of hydrogen-bond donors (Lipinski definition) is 0. The second-order valence-electron chi connectivity index (χ2n) is 11.3. The summed E-state index contributed by atoms with van der Waals surface area (Å²) in [6, 6.07) is 7.80. The highest BCUT2D eigenvalue weighted by molar-refractivity contribution is 9.10. The van der Waals surface area contributed by atoms with Crippen LogP contribution >= 0.6 is 15.9 Å². The van der Waals surface area contributed by atoms with Crippen molar-refractivity contribution in [2.75, 3.05) is 14.1 Å². The van der Waals surface area contributed by atoms with Crippen molar-refractivity contribution in [2.24, 2.45) is 5.41 Å². The third kappa shape index (κ3) is 5.06. The van der Waals surface area contributed by atoms with E-state index in [2.05, 4.69) is 55.2 Å². The molecule has 3 unspecified atom stereocenters. The van der Waals surface area contributed by atoms with E-state index >= 15 is 0 Å². The maximum atomic E-state index is 13.8. The number of amides is 1. The molecule has 10 nitrogen and oxygen atoms in total. The minimum atomic E-state index is -0.172. The van der Waals surface area contributed by atoms with Crippen LogP contribution in [0.4, 0.5) is 0 Å². The van der Waals surface area contributed by atoms with E-state index in [1.165, 1.54) is 6.92 Å². The molecular weight excluding hydrogens is 571 g/mol. The summed E-state index contributed by atoms with van der Waals surface area (Å²) < 4.78 is 2.37. The zero-order chi connectivity index (χ0) is 28.2. The predicted octanol–water partition coefficient (Wildman–Crippen LogP) is 2.68. The molecule has 0 aromatic carbocycles. The summed E-state index contributed by atoms with van der Waals surface area (Å²) in [6.45, 7) is 4.38. The number of carbonyl (C=O) groups is 2. The molecule has 1 radical (unpaired) electrons. The first-order chi connectivity index (χ1) is 19.1. The number of nitrogens with zero attached hydrogens (tertiary/aromatic N) is 8. The molecule has 0 spiro atoms. The molecule has 1 saturated heterocycles. The number of rotatable bonds is 8. The lowest BCUT2D eigenvalue weighted by atomic mass is 9.63. The number of likely N-dealkylation sites (tertiary alicyclic amines) is 1. The monoisotopic (exact) mass is 599 g/mol. The third-order valence-electron chi connectivity index (χ3n) is 7.77. The van der Waals surface area contributed by atoms with Gasteiger partial charge >= 0.3 is 0 Å². The quantitative estimate of drug-likeness (QED) is 0.173. The maximum Gasteiger partial charge on any atom is 0.244 e. The second kappa shape index (κ2) is 10.2. The van der Waals surface area contributed by atoms with Crippen LogP contribution in [0.5, 0.6) is 0 Å². The molecular formula is C28H29BBrN8O2. The smallest absolute Gasteiger partial charge is 0.244 e. The average molecular weight is 600 g/mol. The second-order valence-corrected chi connectivity index (χ2v) is 12.1. The first-order valence-electron chi connectivity index (χ1n) is 13.2. The molecule has 12 heteroatoms. The van der Waals surface area contributed by atoms with E-state index in [0.29, 0.717) is 34.7 Å². The third-order valence-corrected chi connectivity index (χ3v) is 8.22. The fourth-order valence-electron chi connectivity index (χ4n) is 5.73. The van der Waals surface area contributed by atoms with Gasteiger partial charge in [0.25, 0.3) is 0 Å². The van der Waals surface area contributed by atoms with Gasteiger partial charge in [-0.25, -0.2) is 9.97 Å². The first kappa shape index (κ1) is 26.7. The molecule has 1 aliphatic carbocycles. The van der Waals surface area contributed by atoms with Gasteiger partial charge in [-0.05, 0) is 60.4 Å². The lowest BCUT2D eigenvalue weighted by molar-refractivity contribution is -0.132. The zero-order valence-electron chi connectivity index (χ0n) is 22.9. The van der Waals surface area contributed by atoms with E-state index in [1.54, 1.807) is 23.3 Å². The molecule has 5 heterocycles. The lowest BCUT2D eigenvalue weighted by Gasteiger charge is -2.27. The fraction of sp³-hybridized carbons (Fsp3) is 0.393. The van der Waals surface area contributed by atoms with E-state index in [9.17, 15) is 9.59 Å². The SMILES string of the molecule is CC(=O)c1nn(CC(=O)N2C([B]c3cccc(Br)n3)CC3(C)CC23)c2cnc(-c3cnc(CN(C)C)nc3)cc12. The Morgan fingerprint density at radius 2 is 1.93 bits per heavy atom. The zero-order valence-corrected chi connectivity index (χ0v) is 24.5. The lowest BCUT2D eigenvalue weighted by Crippen LogP contribution is -2.47. The molecule has 1 amide bonds. The number of Topliss-reactive ketones (excluding diaryl/α,β-unsaturated/α-hetero) is 1. The van der Waals surface area contributed by atoms with Crippen molar-refractivity contribution in [3.63, 3.8) is 0 Å². The van der Waals surface area contributed by atoms with Crippen LogP contribution in [0.1, 0.15) is 43.0 Å². The number of ketones is 1. The van der Waals surface area contributed by atoms with Gasteiger partial charge in [0.05, 0.1) is 24.0 Å². The van der Waals surface area contributed by atoms with Gasteiger partial charge < -0.3 is 9.80 Å². The van der Waals surface area contributed by atoms with Crippen molar-refractivity contribution in [2.45, 2.75) is 51.8 Å². The molecule has 2 aliphatic rings. The van der Waals surface area contributed by atoms with Crippen LogP contribution < -0.4 is 5.59 Å². The van der Waals surface area contributed by atoms with Gasteiger partial charge in [0.1, 0.15) is 22.7 Å². The molecule has 1 saturated carbocycles. The van der Waals surface area contributed by atoms with E-state index in [-0.39, 0.29) is 35.6 Å². The van der Waals surface area contributed by atoms with Gasteiger partial charge in [-0.1, -0.05) is 19.1 Å². The van der Waals surface area contributed by atoms with Gasteiger partial charge in [-0.15, -0.1) is 0 Å². The standard InChI is InChI=1S/C28H29BBrN8O2/c1-16(39)27-18-8-19(17-11-32-25(33-12-17)14-36(3)4)31-13-20(18)37(35-27)15-26(40)38-21-9-28(21,2)10-23(38)29-22-6-5-7-24(30)34-22/h5-8,11-13,21,23H,9-10,14-15H2,1-4H3. The molecule has 4 aromatic rings. The van der Waals surface area contributed by atoms with E-state index in [0.717, 1.165) is 28.6 Å². The van der Waals surface area contributed by atoms with Crippen molar-refractivity contribution >= 4 is 51.4 Å². The first-order valence-corrected chi connectivity index (χ1v) is 14.0. The highest BCUT2D eigenvalue weighted by Crippen LogP contribution is 2.58. The van der Waals surface area contributed by atoms with Gasteiger partial charge in [0, 0.05) is 47.8 Å². The summed E-state index contributed by atoms with van der Waals surface area (Å²) in [7, 11) is 5.99. The Morgan fingerprint density at radius 3 is 2.62 bits per heavy atom. The molecule has 203 valence electrons. The Labute approximate surface area is 241 Å². The van der Waals surface area contributed by atoms with Crippen LogP contribution in [0.15, 0.2) is 47.5 Å². The minimum Gasteiger partial charge on any atom is -0.342 e. The largest absolute Gasteiger partial charge is 0.342 e. The molecule has 0 N–H and O–H groups in total. The summed E-state index contributed by atoms with van der Waals surface area (Å²) in [4.78, 5) is 48.3. The van der Waals surface area contributed by atoms with Gasteiger partial charge in [0.2, 0.25) is 13.2 Å². The number of carbonyl (C=O) groups excluding carboxylic acids is 2. The molecule has 3 atom stereocenters. The number of piperidine rings is 1. The maximum absolute atomic E-state index is 13.8. The summed E-state index contributed by atoms with van der Waals surface area (Å²) in [5.74, 6) is 0.461. The van der Waals surface area contributed by atoms with Crippen LogP contribution in [-0.4, -0.2) is 84.6 Å². The van der Waals surface area contributed by atoms with Crippen LogP contribution in [-0.2, 0) is 17.9 Å². The van der Waals surface area contributed by atoms with E-state index in [4.69, 9.17) is 0 Å². The number of halogens is 1. The Morgan fingerprint density at radius 1 is 1.15 bits per heavy atom.